The normalized spacial score (nSPS) is 12.7. The second kappa shape index (κ2) is 6.10. The monoisotopic (exact) mass is 323 g/mol. The van der Waals surface area contributed by atoms with E-state index < -0.39 is 0 Å². The molecule has 0 fully saturated rings. The average Bonchev–Trinajstić information content (AvgIpc) is 3.24. The Labute approximate surface area is 137 Å². The molecule has 5 nitrogen and oxygen atoms in total. The maximum atomic E-state index is 5.34. The van der Waals surface area contributed by atoms with Gasteiger partial charge < -0.3 is 9.47 Å². The van der Waals surface area contributed by atoms with Crippen molar-refractivity contribution >= 4 is 22.7 Å². The van der Waals surface area contributed by atoms with Gasteiger partial charge >= 0.3 is 0 Å². The van der Waals surface area contributed by atoms with E-state index in [0.29, 0.717) is 0 Å². The lowest BCUT2D eigenvalue weighted by Gasteiger charge is -1.98. The van der Waals surface area contributed by atoms with Crippen LogP contribution in [0, 0.1) is 0 Å². The van der Waals surface area contributed by atoms with Crippen LogP contribution < -0.4 is 14.9 Å². The highest BCUT2D eigenvalue weighted by Gasteiger charge is 2.12. The Morgan fingerprint density at radius 2 is 1.96 bits per heavy atom. The van der Waals surface area contributed by atoms with Gasteiger partial charge in [0.05, 0.1) is 11.9 Å². The Morgan fingerprint density at radius 1 is 1.09 bits per heavy atom. The van der Waals surface area contributed by atoms with Crippen molar-refractivity contribution in [3.8, 4) is 22.8 Å². The predicted molar refractivity (Wildman–Crippen MR) is 91.3 cm³/mol. The molecule has 6 heteroatoms. The van der Waals surface area contributed by atoms with Crippen molar-refractivity contribution in [2.75, 3.05) is 12.2 Å². The number of nitrogens with one attached hydrogen (secondary N) is 1. The van der Waals surface area contributed by atoms with E-state index in [2.05, 4.69) is 15.5 Å². The maximum Gasteiger partial charge on any atom is 0.231 e. The summed E-state index contributed by atoms with van der Waals surface area (Å²) in [4.78, 5) is 4.52. The Hall–Kier alpha value is -2.86. The van der Waals surface area contributed by atoms with Crippen LogP contribution in [-0.4, -0.2) is 18.0 Å². The van der Waals surface area contributed by atoms with Crippen molar-refractivity contribution in [3.05, 3.63) is 59.5 Å². The molecule has 0 amide bonds. The van der Waals surface area contributed by atoms with Gasteiger partial charge in [0.15, 0.2) is 11.5 Å². The van der Waals surface area contributed by atoms with Crippen molar-refractivity contribution in [2.24, 2.45) is 5.10 Å². The van der Waals surface area contributed by atoms with Gasteiger partial charge in [-0.1, -0.05) is 30.3 Å². The summed E-state index contributed by atoms with van der Waals surface area (Å²) in [6.07, 6.45) is 1.73. The van der Waals surface area contributed by atoms with Gasteiger partial charge in [0, 0.05) is 10.9 Å². The summed E-state index contributed by atoms with van der Waals surface area (Å²) in [7, 11) is 0. The number of hydrogen-bond acceptors (Lipinski definition) is 6. The van der Waals surface area contributed by atoms with Crippen molar-refractivity contribution in [2.45, 2.75) is 0 Å². The van der Waals surface area contributed by atoms with Crippen LogP contribution in [0.3, 0.4) is 0 Å². The molecule has 1 N–H and O–H groups in total. The smallest absolute Gasteiger partial charge is 0.231 e. The molecule has 2 aromatic carbocycles. The largest absolute Gasteiger partial charge is 0.454 e. The Kier molecular flexibility index (Phi) is 3.65. The highest BCUT2D eigenvalue weighted by atomic mass is 32.1. The minimum atomic E-state index is 0.273. The summed E-state index contributed by atoms with van der Waals surface area (Å²) in [6.45, 7) is 0.273. The number of fused-ring (bicyclic) bond motifs is 1. The number of nitrogens with zero attached hydrogens (tertiary/aromatic N) is 2. The van der Waals surface area contributed by atoms with E-state index in [1.54, 1.807) is 6.21 Å². The molecule has 0 saturated carbocycles. The second-order valence-corrected chi connectivity index (χ2v) is 5.74. The topological polar surface area (TPSA) is 55.7 Å². The maximum absolute atomic E-state index is 5.34. The molecule has 3 aromatic rings. The quantitative estimate of drug-likeness (QED) is 0.583. The van der Waals surface area contributed by atoms with Crippen LogP contribution >= 0.6 is 11.3 Å². The van der Waals surface area contributed by atoms with Crippen LogP contribution in [-0.2, 0) is 0 Å². The van der Waals surface area contributed by atoms with E-state index in [-0.39, 0.29) is 6.79 Å². The fraction of sp³-hybridized carbons (Fsp3) is 0.0588. The highest BCUT2D eigenvalue weighted by molar-refractivity contribution is 7.14. The molecule has 1 aliphatic heterocycles. The number of aromatic nitrogens is 1. The van der Waals surface area contributed by atoms with Crippen molar-refractivity contribution < 1.29 is 9.47 Å². The molecule has 4 rings (SSSR count). The molecule has 0 bridgehead atoms. The van der Waals surface area contributed by atoms with E-state index in [4.69, 9.17) is 9.47 Å². The van der Waals surface area contributed by atoms with Gasteiger partial charge in [-0.3, -0.25) is 5.43 Å². The van der Waals surface area contributed by atoms with Gasteiger partial charge in [-0.2, -0.15) is 5.10 Å². The Morgan fingerprint density at radius 3 is 2.87 bits per heavy atom. The van der Waals surface area contributed by atoms with Crippen LogP contribution in [0.2, 0.25) is 0 Å². The molecule has 0 aliphatic carbocycles. The summed E-state index contributed by atoms with van der Waals surface area (Å²) in [5.74, 6) is 1.51. The first-order valence-corrected chi connectivity index (χ1v) is 7.96. The Bertz CT molecular complexity index is 846. The van der Waals surface area contributed by atoms with Gasteiger partial charge in [-0.15, -0.1) is 11.3 Å². The van der Waals surface area contributed by atoms with Gasteiger partial charge in [0.25, 0.3) is 0 Å². The molecule has 23 heavy (non-hydrogen) atoms. The minimum absolute atomic E-state index is 0.273. The number of hydrazone groups is 1. The zero-order chi connectivity index (χ0) is 15.5. The molecule has 1 aromatic heterocycles. The average molecular weight is 323 g/mol. The van der Waals surface area contributed by atoms with Gasteiger partial charge in [-0.25, -0.2) is 4.98 Å². The summed E-state index contributed by atoms with van der Waals surface area (Å²) < 4.78 is 10.6. The molecular weight excluding hydrogens is 310 g/mol. The lowest BCUT2D eigenvalue weighted by atomic mass is 10.2. The minimum Gasteiger partial charge on any atom is -0.454 e. The number of rotatable bonds is 4. The van der Waals surface area contributed by atoms with Crippen LogP contribution in [0.4, 0.5) is 5.13 Å². The number of benzene rings is 2. The zero-order valence-corrected chi connectivity index (χ0v) is 12.9. The first-order chi connectivity index (χ1) is 11.4. The van der Waals surface area contributed by atoms with E-state index in [0.717, 1.165) is 33.5 Å². The molecule has 0 saturated heterocycles. The van der Waals surface area contributed by atoms with E-state index >= 15 is 0 Å². The zero-order valence-electron chi connectivity index (χ0n) is 12.1. The molecule has 0 unspecified atom stereocenters. The molecule has 0 radical (unpaired) electrons. The predicted octanol–water partition coefficient (Wildman–Crippen LogP) is 3.98. The van der Waals surface area contributed by atoms with Crippen molar-refractivity contribution in [1.82, 2.24) is 4.98 Å². The highest BCUT2D eigenvalue weighted by Crippen LogP contribution is 2.32. The van der Waals surface area contributed by atoms with Crippen molar-refractivity contribution in [1.29, 1.82) is 0 Å². The number of thiazole rings is 1. The molecule has 1 aliphatic rings. The second-order valence-electron chi connectivity index (χ2n) is 4.89. The van der Waals surface area contributed by atoms with Gasteiger partial charge in [0.2, 0.25) is 11.9 Å². The molecule has 0 atom stereocenters. The standard InChI is InChI=1S/C17H13N3O2S/c1-2-4-13(5-3-1)14-10-23-17(19-14)20-18-9-12-6-7-15-16(8-12)22-11-21-15/h1-10H,11H2,(H,19,20)/b18-9+. The number of anilines is 1. The van der Waals surface area contributed by atoms with Crippen LogP contribution in [0.15, 0.2) is 59.0 Å². The van der Waals surface area contributed by atoms with Gasteiger partial charge in [-0.05, 0) is 23.8 Å². The van der Waals surface area contributed by atoms with E-state index in [1.165, 1.54) is 11.3 Å². The van der Waals surface area contributed by atoms with Crippen molar-refractivity contribution in [3.63, 3.8) is 0 Å². The fourth-order valence-corrected chi connectivity index (χ4v) is 2.89. The molecule has 0 spiro atoms. The molecular formula is C17H13N3O2S. The first kappa shape index (κ1) is 13.8. The van der Waals surface area contributed by atoms with E-state index in [1.807, 2.05) is 53.9 Å². The lowest BCUT2D eigenvalue weighted by Crippen LogP contribution is -1.93. The van der Waals surface area contributed by atoms with Crippen LogP contribution in [0.1, 0.15) is 5.56 Å². The summed E-state index contributed by atoms with van der Waals surface area (Å²) in [6, 6.07) is 15.8. The summed E-state index contributed by atoms with van der Waals surface area (Å²) in [5.41, 5.74) is 5.92. The first-order valence-electron chi connectivity index (χ1n) is 7.08. The van der Waals surface area contributed by atoms with Crippen LogP contribution in [0.5, 0.6) is 11.5 Å². The molecule has 2 heterocycles. The summed E-state index contributed by atoms with van der Waals surface area (Å²) >= 11 is 1.52. The third-order valence-corrected chi connectivity index (χ3v) is 4.09. The third-order valence-electron chi connectivity index (χ3n) is 3.34. The number of ether oxygens (including phenoxy) is 2. The Balaban J connectivity index is 1.44. The van der Waals surface area contributed by atoms with E-state index in [9.17, 15) is 0 Å². The van der Waals surface area contributed by atoms with Gasteiger partial charge in [0.1, 0.15) is 0 Å². The lowest BCUT2D eigenvalue weighted by molar-refractivity contribution is 0.174. The molecule has 114 valence electrons. The number of hydrogen-bond donors (Lipinski definition) is 1. The SMILES string of the molecule is C(=N\Nc1nc(-c2ccccc2)cs1)/c1ccc2c(c1)OCO2. The third kappa shape index (κ3) is 3.02. The fourth-order valence-electron chi connectivity index (χ4n) is 2.22. The van der Waals surface area contributed by atoms with Crippen LogP contribution in [0.25, 0.3) is 11.3 Å². The summed E-state index contributed by atoms with van der Waals surface area (Å²) in [5, 5.41) is 6.98.